The van der Waals surface area contributed by atoms with E-state index in [0.717, 1.165) is 31.8 Å². The van der Waals surface area contributed by atoms with Crippen LogP contribution in [0, 0.1) is 11.8 Å². The summed E-state index contributed by atoms with van der Waals surface area (Å²) in [5.41, 5.74) is 6.19. The highest BCUT2D eigenvalue weighted by Gasteiger charge is 2.38. The second-order valence-electron chi connectivity index (χ2n) is 6.09. The zero-order valence-corrected chi connectivity index (χ0v) is 11.7. The molecule has 4 unspecified atom stereocenters. The van der Waals surface area contributed by atoms with Gasteiger partial charge in [-0.3, -0.25) is 9.69 Å². The Bertz CT molecular complexity index is 295. The zero-order chi connectivity index (χ0) is 13.1. The smallest absolute Gasteiger partial charge is 0.234 e. The van der Waals surface area contributed by atoms with Crippen LogP contribution in [0.5, 0.6) is 0 Å². The first-order valence-electron chi connectivity index (χ1n) is 7.37. The maximum Gasteiger partial charge on any atom is 0.234 e. The van der Waals surface area contributed by atoms with Gasteiger partial charge in [-0.2, -0.15) is 0 Å². The molecular formula is C14H27N3O. The standard InChI is InChI=1S/C14H27N3O/c1-3-10(2)16-14(18)9-17-7-11-5-4-6-13(15)12(11)8-17/h10-13H,3-9,15H2,1-2H3,(H,16,18). The molecule has 104 valence electrons. The molecule has 2 fully saturated rings. The normalized spacial score (nSPS) is 34.1. The summed E-state index contributed by atoms with van der Waals surface area (Å²) in [7, 11) is 0. The van der Waals surface area contributed by atoms with Crippen molar-refractivity contribution in [2.24, 2.45) is 17.6 Å². The van der Waals surface area contributed by atoms with Crippen molar-refractivity contribution in [1.82, 2.24) is 10.2 Å². The Morgan fingerprint density at radius 2 is 2.22 bits per heavy atom. The number of hydrogen-bond donors (Lipinski definition) is 2. The molecule has 18 heavy (non-hydrogen) atoms. The summed E-state index contributed by atoms with van der Waals surface area (Å²) < 4.78 is 0. The number of nitrogens with one attached hydrogen (secondary N) is 1. The summed E-state index contributed by atoms with van der Waals surface area (Å²) in [4.78, 5) is 14.2. The van der Waals surface area contributed by atoms with E-state index in [2.05, 4.69) is 24.1 Å². The van der Waals surface area contributed by atoms with Crippen molar-refractivity contribution in [2.75, 3.05) is 19.6 Å². The van der Waals surface area contributed by atoms with Crippen LogP contribution in [0.1, 0.15) is 39.5 Å². The molecule has 0 aromatic carbocycles. The Balaban J connectivity index is 1.80. The molecule has 0 aromatic rings. The van der Waals surface area contributed by atoms with E-state index >= 15 is 0 Å². The molecule has 1 heterocycles. The van der Waals surface area contributed by atoms with Gasteiger partial charge in [0, 0.05) is 25.2 Å². The van der Waals surface area contributed by atoms with E-state index in [4.69, 9.17) is 5.73 Å². The van der Waals surface area contributed by atoms with Gasteiger partial charge in [-0.15, -0.1) is 0 Å². The summed E-state index contributed by atoms with van der Waals surface area (Å²) in [5, 5.41) is 3.04. The minimum Gasteiger partial charge on any atom is -0.353 e. The topological polar surface area (TPSA) is 58.4 Å². The molecule has 4 atom stereocenters. The first-order valence-corrected chi connectivity index (χ1v) is 7.37. The van der Waals surface area contributed by atoms with Crippen molar-refractivity contribution < 1.29 is 4.79 Å². The van der Waals surface area contributed by atoms with Gasteiger partial charge in [-0.05, 0) is 38.0 Å². The number of fused-ring (bicyclic) bond motifs is 1. The second kappa shape index (κ2) is 6.02. The van der Waals surface area contributed by atoms with Crippen molar-refractivity contribution in [3.8, 4) is 0 Å². The second-order valence-corrected chi connectivity index (χ2v) is 6.09. The number of carbonyl (C=O) groups is 1. The van der Waals surface area contributed by atoms with Crippen LogP contribution in [0.3, 0.4) is 0 Å². The van der Waals surface area contributed by atoms with Crippen LogP contribution in [0.25, 0.3) is 0 Å². The van der Waals surface area contributed by atoms with Gasteiger partial charge in [0.25, 0.3) is 0 Å². The molecule has 0 bridgehead atoms. The lowest BCUT2D eigenvalue weighted by Crippen LogP contribution is -2.41. The molecule has 2 rings (SSSR count). The van der Waals surface area contributed by atoms with E-state index in [-0.39, 0.29) is 11.9 Å². The Hall–Kier alpha value is -0.610. The third-order valence-corrected chi connectivity index (χ3v) is 4.62. The summed E-state index contributed by atoms with van der Waals surface area (Å²) in [5.74, 6) is 1.51. The lowest BCUT2D eigenvalue weighted by atomic mass is 9.78. The molecule has 1 aliphatic heterocycles. The number of nitrogens with two attached hydrogens (primary N) is 1. The fraction of sp³-hybridized carbons (Fsp3) is 0.929. The maximum absolute atomic E-state index is 11.9. The SMILES string of the molecule is CCC(C)NC(=O)CN1CC2CCCC(N)C2C1. The molecule has 1 saturated carbocycles. The fourth-order valence-electron chi connectivity index (χ4n) is 3.36. The average Bonchev–Trinajstić information content (AvgIpc) is 2.72. The van der Waals surface area contributed by atoms with Gasteiger partial charge in [0.05, 0.1) is 6.54 Å². The molecule has 0 spiro atoms. The van der Waals surface area contributed by atoms with E-state index in [0.29, 0.717) is 18.5 Å². The minimum atomic E-state index is 0.163. The van der Waals surface area contributed by atoms with E-state index in [1.807, 2.05) is 0 Å². The lowest BCUT2D eigenvalue weighted by Gasteiger charge is -2.29. The van der Waals surface area contributed by atoms with Gasteiger partial charge in [-0.1, -0.05) is 13.3 Å². The van der Waals surface area contributed by atoms with E-state index < -0.39 is 0 Å². The fourth-order valence-corrected chi connectivity index (χ4v) is 3.36. The third kappa shape index (κ3) is 3.23. The maximum atomic E-state index is 11.9. The van der Waals surface area contributed by atoms with Crippen LogP contribution in [0.2, 0.25) is 0 Å². The highest BCUT2D eigenvalue weighted by molar-refractivity contribution is 5.78. The lowest BCUT2D eigenvalue weighted by molar-refractivity contribution is -0.122. The van der Waals surface area contributed by atoms with Crippen molar-refractivity contribution in [1.29, 1.82) is 0 Å². The first-order chi connectivity index (χ1) is 8.60. The third-order valence-electron chi connectivity index (χ3n) is 4.62. The van der Waals surface area contributed by atoms with Crippen LogP contribution in [-0.4, -0.2) is 42.5 Å². The number of nitrogens with zero attached hydrogens (tertiary/aromatic N) is 1. The number of likely N-dealkylation sites (tertiary alicyclic amines) is 1. The molecule has 2 aliphatic rings. The van der Waals surface area contributed by atoms with Crippen LogP contribution in [0.15, 0.2) is 0 Å². The monoisotopic (exact) mass is 253 g/mol. The Morgan fingerprint density at radius 3 is 2.89 bits per heavy atom. The Morgan fingerprint density at radius 1 is 1.44 bits per heavy atom. The van der Waals surface area contributed by atoms with E-state index in [9.17, 15) is 4.79 Å². The molecule has 0 aromatic heterocycles. The van der Waals surface area contributed by atoms with Crippen molar-refractivity contribution in [3.63, 3.8) is 0 Å². The van der Waals surface area contributed by atoms with Crippen LogP contribution >= 0.6 is 0 Å². The minimum absolute atomic E-state index is 0.163. The number of rotatable bonds is 4. The number of amides is 1. The van der Waals surface area contributed by atoms with Crippen molar-refractivity contribution in [2.45, 2.75) is 51.6 Å². The quantitative estimate of drug-likeness (QED) is 0.784. The van der Waals surface area contributed by atoms with Crippen molar-refractivity contribution in [3.05, 3.63) is 0 Å². The largest absolute Gasteiger partial charge is 0.353 e. The first kappa shape index (κ1) is 13.8. The Labute approximate surface area is 110 Å². The van der Waals surface area contributed by atoms with Crippen LogP contribution in [-0.2, 0) is 4.79 Å². The van der Waals surface area contributed by atoms with Crippen LogP contribution in [0.4, 0.5) is 0 Å². The molecule has 1 amide bonds. The summed E-state index contributed by atoms with van der Waals surface area (Å²) >= 11 is 0. The van der Waals surface area contributed by atoms with Gasteiger partial charge in [0.15, 0.2) is 0 Å². The van der Waals surface area contributed by atoms with E-state index in [1.165, 1.54) is 12.8 Å². The number of carbonyl (C=O) groups excluding carboxylic acids is 1. The molecule has 0 radical (unpaired) electrons. The molecular weight excluding hydrogens is 226 g/mol. The van der Waals surface area contributed by atoms with Crippen molar-refractivity contribution >= 4 is 5.91 Å². The van der Waals surface area contributed by atoms with Gasteiger partial charge in [0.1, 0.15) is 0 Å². The molecule has 4 heteroatoms. The molecule has 4 nitrogen and oxygen atoms in total. The molecule has 3 N–H and O–H groups in total. The van der Waals surface area contributed by atoms with E-state index in [1.54, 1.807) is 0 Å². The Kier molecular flexibility index (Phi) is 4.62. The predicted octanol–water partition coefficient (Wildman–Crippen LogP) is 0.960. The van der Waals surface area contributed by atoms with Crippen LogP contribution < -0.4 is 11.1 Å². The van der Waals surface area contributed by atoms with Gasteiger partial charge < -0.3 is 11.1 Å². The predicted molar refractivity (Wildman–Crippen MR) is 73.1 cm³/mol. The van der Waals surface area contributed by atoms with Gasteiger partial charge in [0.2, 0.25) is 5.91 Å². The summed E-state index contributed by atoms with van der Waals surface area (Å²) in [6.45, 7) is 6.77. The van der Waals surface area contributed by atoms with Gasteiger partial charge in [-0.25, -0.2) is 0 Å². The number of hydrogen-bond acceptors (Lipinski definition) is 3. The summed E-state index contributed by atoms with van der Waals surface area (Å²) in [6.07, 6.45) is 4.70. The molecule has 1 aliphatic carbocycles. The van der Waals surface area contributed by atoms with Gasteiger partial charge >= 0.3 is 0 Å². The summed E-state index contributed by atoms with van der Waals surface area (Å²) in [6, 6.07) is 0.635. The zero-order valence-electron chi connectivity index (χ0n) is 11.7. The molecule has 1 saturated heterocycles. The highest BCUT2D eigenvalue weighted by Crippen LogP contribution is 2.35. The highest BCUT2D eigenvalue weighted by atomic mass is 16.2. The average molecular weight is 253 g/mol.